The van der Waals surface area contributed by atoms with Crippen molar-refractivity contribution < 1.29 is 86.2 Å². The molecule has 0 atom stereocenters. The van der Waals surface area contributed by atoms with Crippen LogP contribution in [0.2, 0.25) is 0 Å². The Hall–Kier alpha value is 4.06. The van der Waals surface area contributed by atoms with E-state index in [4.69, 9.17) is 14.1 Å². The standard InChI is InChI=1S/Ba.Eu.Mg.Mn.H2O3Si.4H/c;;;;1-4(2)3;;;;/h;;;;1-2H;;;;/q+2;;+2;;;4*-1. The average Bonchev–Trinajstić information content (AvgIpc) is 0.811. The fourth-order valence-electron chi connectivity index (χ4n) is 0. The monoisotopic (exact) mass is 452 g/mol. The molecule has 8 heteroatoms. The molecular formula is H6BaEuMgMnO3Si. The molecule has 0 amide bonds. The molecule has 2 N–H and O–H groups in total. The molecule has 46 valence electrons. The van der Waals surface area contributed by atoms with Crippen LogP contribution in [0.1, 0.15) is 5.71 Å². The van der Waals surface area contributed by atoms with E-state index in [0.717, 1.165) is 0 Å². The normalized spacial score (nSPS) is 3.00. The van der Waals surface area contributed by atoms with Gasteiger partial charge < -0.3 is 15.3 Å². The van der Waals surface area contributed by atoms with Crippen molar-refractivity contribution >= 4 is 81.1 Å². The van der Waals surface area contributed by atoms with Crippen molar-refractivity contribution in [3.63, 3.8) is 0 Å². The molecule has 0 aromatic heterocycles. The van der Waals surface area contributed by atoms with Gasteiger partial charge in [0, 0.05) is 66.4 Å². The maximum atomic E-state index is 8.74. The van der Waals surface area contributed by atoms with Gasteiger partial charge in [-0.2, -0.15) is 0 Å². The molecule has 0 aliphatic rings. The van der Waals surface area contributed by atoms with Crippen LogP contribution in [0.5, 0.6) is 0 Å². The predicted molar refractivity (Wildman–Crippen MR) is 26.8 cm³/mol. The van der Waals surface area contributed by atoms with E-state index in [1.165, 1.54) is 0 Å². The molecule has 3 nitrogen and oxygen atoms in total. The van der Waals surface area contributed by atoms with Crippen molar-refractivity contribution in [2.45, 2.75) is 0 Å². The van der Waals surface area contributed by atoms with Gasteiger partial charge in [-0.25, -0.2) is 0 Å². The molecule has 0 unspecified atom stereocenters. The van der Waals surface area contributed by atoms with Crippen molar-refractivity contribution in [1.82, 2.24) is 0 Å². The summed E-state index contributed by atoms with van der Waals surface area (Å²) in [6.07, 6.45) is 0. The van der Waals surface area contributed by atoms with E-state index in [0.29, 0.717) is 0 Å². The predicted octanol–water partition coefficient (Wildman–Crippen LogP) is -1.93. The molecule has 0 bridgehead atoms. The zero-order valence-corrected chi connectivity index (χ0v) is 14.4. The van der Waals surface area contributed by atoms with Crippen LogP contribution in [0.3, 0.4) is 0 Å². The van der Waals surface area contributed by atoms with Crippen LogP contribution in [0, 0.1) is 49.4 Å². The zero-order valence-electron chi connectivity index (χ0n) is 7.97. The van der Waals surface area contributed by atoms with Crippen LogP contribution in [-0.4, -0.2) is 90.7 Å². The third-order valence-electron chi connectivity index (χ3n) is 0. The van der Waals surface area contributed by atoms with Crippen LogP contribution < -0.4 is 0 Å². The average molecular weight is 451 g/mol. The molecule has 0 aromatic rings. The Bertz CT molecular complexity index is 53.3. The van der Waals surface area contributed by atoms with Gasteiger partial charge in [-0.1, -0.05) is 0 Å². The molecule has 0 aliphatic heterocycles. The first-order valence-electron chi connectivity index (χ1n) is 0.651. The summed E-state index contributed by atoms with van der Waals surface area (Å²) < 4.78 is 8.74. The van der Waals surface area contributed by atoms with E-state index in [2.05, 4.69) is 0 Å². The van der Waals surface area contributed by atoms with Gasteiger partial charge >= 0.3 is 81.1 Å². The second-order valence-corrected chi connectivity index (χ2v) is 0.848. The summed E-state index contributed by atoms with van der Waals surface area (Å²) in [5.74, 6) is 0. The van der Waals surface area contributed by atoms with Crippen LogP contribution in [0.15, 0.2) is 0 Å². The van der Waals surface area contributed by atoms with Gasteiger partial charge in [0.1, 0.15) is 0 Å². The summed E-state index contributed by atoms with van der Waals surface area (Å²) in [6, 6.07) is 0. The summed E-state index contributed by atoms with van der Waals surface area (Å²) in [6.45, 7) is 0. The smallest absolute Gasteiger partial charge is 1.00 e. The van der Waals surface area contributed by atoms with Crippen molar-refractivity contribution in [3.8, 4) is 0 Å². The van der Waals surface area contributed by atoms with Gasteiger partial charge in [0.15, 0.2) is 0 Å². The molecular weight excluding hydrogens is 445 g/mol. The fraction of sp³-hybridized carbons (Fsp3) is 0. The Kier molecular flexibility index (Phi) is 83.1. The molecule has 2 radical (unpaired) electrons. The molecule has 8 heavy (non-hydrogen) atoms. The maximum Gasteiger partial charge on any atom is 2.00 e. The molecule has 0 fully saturated rings. The molecule has 0 saturated carbocycles. The number of rotatable bonds is 0. The van der Waals surface area contributed by atoms with Gasteiger partial charge in [-0.15, -0.1) is 0 Å². The molecule has 0 spiro atoms. The van der Waals surface area contributed by atoms with Crippen LogP contribution in [-0.2, 0) is 21.5 Å². The first-order valence-corrected chi connectivity index (χ1v) is 1.95. The Balaban J connectivity index is -0.00000000161. The molecule has 0 saturated heterocycles. The third-order valence-corrected chi connectivity index (χ3v) is 0. The minimum Gasteiger partial charge on any atom is -1.00 e. The van der Waals surface area contributed by atoms with Crippen molar-refractivity contribution in [1.29, 1.82) is 0 Å². The minimum atomic E-state index is -3.13. The van der Waals surface area contributed by atoms with Gasteiger partial charge in [0.25, 0.3) is 0 Å². The van der Waals surface area contributed by atoms with E-state index >= 15 is 0 Å². The molecule has 0 heterocycles. The van der Waals surface area contributed by atoms with Gasteiger partial charge in [0.05, 0.1) is 0 Å². The number of hydrogen-bond donors (Lipinski definition) is 2. The largest absolute Gasteiger partial charge is 2.00 e. The quantitative estimate of drug-likeness (QED) is 0.423. The Morgan fingerprint density at radius 2 is 1.38 bits per heavy atom. The fourth-order valence-corrected chi connectivity index (χ4v) is 0. The molecule has 0 aromatic carbocycles. The van der Waals surface area contributed by atoms with E-state index in [1.54, 1.807) is 0 Å². The zero-order chi connectivity index (χ0) is 3.58. The SMILES string of the molecule is O=[Si](O)O.[Ba+2].[Eu].[H-].[H-].[H-].[H-].[Mg+2].[Mn]. The first kappa shape index (κ1) is 29.6. The summed E-state index contributed by atoms with van der Waals surface area (Å²) in [4.78, 5) is 14.3. The molecule has 0 aliphatic carbocycles. The Labute approximate surface area is 163 Å². The van der Waals surface area contributed by atoms with Crippen LogP contribution in [0.25, 0.3) is 0 Å². The topological polar surface area (TPSA) is 57.5 Å². The Morgan fingerprint density at radius 1 is 1.38 bits per heavy atom. The van der Waals surface area contributed by atoms with E-state index in [9.17, 15) is 0 Å². The van der Waals surface area contributed by atoms with Crippen molar-refractivity contribution in [2.75, 3.05) is 0 Å². The van der Waals surface area contributed by atoms with Gasteiger partial charge in [-0.3, -0.25) is 4.46 Å². The van der Waals surface area contributed by atoms with Crippen molar-refractivity contribution in [3.05, 3.63) is 0 Å². The summed E-state index contributed by atoms with van der Waals surface area (Å²) in [7, 11) is -3.13. The molecule has 0 rings (SSSR count). The maximum absolute atomic E-state index is 8.74. The van der Waals surface area contributed by atoms with Gasteiger partial charge in [0.2, 0.25) is 0 Å². The Morgan fingerprint density at radius 3 is 1.38 bits per heavy atom. The van der Waals surface area contributed by atoms with Gasteiger partial charge in [-0.05, 0) is 0 Å². The summed E-state index contributed by atoms with van der Waals surface area (Å²) in [5.41, 5.74) is 0. The van der Waals surface area contributed by atoms with Crippen LogP contribution >= 0.6 is 0 Å². The van der Waals surface area contributed by atoms with Crippen LogP contribution in [0.4, 0.5) is 0 Å². The summed E-state index contributed by atoms with van der Waals surface area (Å²) >= 11 is 0. The summed E-state index contributed by atoms with van der Waals surface area (Å²) in [5, 5.41) is 0. The minimum absolute atomic E-state index is 0. The second kappa shape index (κ2) is 22.5. The van der Waals surface area contributed by atoms with Crippen molar-refractivity contribution in [2.24, 2.45) is 0 Å². The number of hydrogen-bond acceptors (Lipinski definition) is 1. The second-order valence-electron chi connectivity index (χ2n) is 0.283. The van der Waals surface area contributed by atoms with E-state index < -0.39 is 9.17 Å². The van der Waals surface area contributed by atoms with E-state index in [-0.39, 0.29) is 144 Å². The van der Waals surface area contributed by atoms with E-state index in [1.807, 2.05) is 0 Å². The first-order chi connectivity index (χ1) is 1.73. The third kappa shape index (κ3) is 50.1.